The van der Waals surface area contributed by atoms with Crippen LogP contribution in [0.1, 0.15) is 79.1 Å². The molecule has 100 valence electrons. The lowest BCUT2D eigenvalue weighted by Crippen LogP contribution is -2.37. The highest BCUT2D eigenvalue weighted by Crippen LogP contribution is 2.56. The Bertz CT molecular complexity index is 244. The molecule has 5 unspecified atom stereocenters. The third-order valence-electron chi connectivity index (χ3n) is 6.55. The molecule has 0 saturated heterocycles. The lowest BCUT2D eigenvalue weighted by atomic mass is 9.58. The zero-order chi connectivity index (χ0) is 12.5. The molecule has 0 heteroatoms. The van der Waals surface area contributed by atoms with Crippen molar-refractivity contribution in [2.75, 3.05) is 0 Å². The van der Waals surface area contributed by atoms with E-state index in [9.17, 15) is 0 Å². The largest absolute Gasteiger partial charge is 0.0651 e. The van der Waals surface area contributed by atoms with E-state index in [0.717, 1.165) is 29.1 Å². The Labute approximate surface area is 109 Å². The Morgan fingerprint density at radius 3 is 2.35 bits per heavy atom. The van der Waals surface area contributed by atoms with E-state index in [2.05, 4.69) is 27.7 Å². The summed E-state index contributed by atoms with van der Waals surface area (Å²) in [5.74, 6) is 4.10. The van der Waals surface area contributed by atoms with Crippen LogP contribution in [0.2, 0.25) is 0 Å². The first kappa shape index (κ1) is 13.4. The van der Waals surface area contributed by atoms with E-state index >= 15 is 0 Å². The van der Waals surface area contributed by atoms with E-state index in [0.29, 0.717) is 0 Å². The number of rotatable bonds is 3. The van der Waals surface area contributed by atoms with Crippen LogP contribution in [0, 0.1) is 29.1 Å². The van der Waals surface area contributed by atoms with Crippen LogP contribution in [-0.4, -0.2) is 0 Å². The summed E-state index contributed by atoms with van der Waals surface area (Å²) in [5, 5.41) is 0. The van der Waals surface area contributed by atoms with Gasteiger partial charge in [0, 0.05) is 0 Å². The first-order valence-electron chi connectivity index (χ1n) is 8.16. The highest BCUT2D eigenvalue weighted by Gasteiger charge is 2.46. The van der Waals surface area contributed by atoms with Crippen LogP contribution in [0.15, 0.2) is 0 Å². The van der Waals surface area contributed by atoms with Gasteiger partial charge in [-0.25, -0.2) is 0 Å². The maximum absolute atomic E-state index is 2.53. The van der Waals surface area contributed by atoms with Gasteiger partial charge in [-0.2, -0.15) is 0 Å². The monoisotopic (exact) mass is 236 g/mol. The Morgan fingerprint density at radius 2 is 1.76 bits per heavy atom. The Balaban J connectivity index is 2.25. The highest BCUT2D eigenvalue weighted by atomic mass is 14.5. The van der Waals surface area contributed by atoms with Crippen LogP contribution in [0.4, 0.5) is 0 Å². The minimum atomic E-state index is 0.732. The van der Waals surface area contributed by atoms with Crippen LogP contribution in [0.3, 0.4) is 0 Å². The van der Waals surface area contributed by atoms with Crippen molar-refractivity contribution in [1.82, 2.24) is 0 Å². The molecule has 0 heterocycles. The van der Waals surface area contributed by atoms with Crippen LogP contribution >= 0.6 is 0 Å². The maximum Gasteiger partial charge on any atom is -0.0269 e. The molecule has 2 bridgehead atoms. The summed E-state index contributed by atoms with van der Waals surface area (Å²) in [7, 11) is 0. The molecule has 0 aromatic heterocycles. The topological polar surface area (TPSA) is 0 Å². The summed E-state index contributed by atoms with van der Waals surface area (Å²) in [6.07, 6.45) is 11.9. The summed E-state index contributed by atoms with van der Waals surface area (Å²) in [5.41, 5.74) is 0.732. The second-order valence-corrected chi connectivity index (χ2v) is 6.95. The molecule has 2 rings (SSSR count). The fraction of sp³-hybridized carbons (Fsp3) is 1.00. The predicted octanol–water partition coefficient (Wildman–Crippen LogP) is 5.67. The summed E-state index contributed by atoms with van der Waals surface area (Å²) in [6, 6.07) is 0. The quantitative estimate of drug-likeness (QED) is 0.592. The van der Waals surface area contributed by atoms with Crippen LogP contribution < -0.4 is 0 Å². The third kappa shape index (κ3) is 2.29. The highest BCUT2D eigenvalue weighted by molar-refractivity contribution is 4.97. The van der Waals surface area contributed by atoms with Crippen molar-refractivity contribution in [3.63, 3.8) is 0 Å². The normalized spacial score (nSPS) is 46.6. The van der Waals surface area contributed by atoms with Gasteiger partial charge < -0.3 is 0 Å². The Morgan fingerprint density at radius 1 is 1.00 bits per heavy atom. The minimum Gasteiger partial charge on any atom is -0.0651 e. The van der Waals surface area contributed by atoms with E-state index < -0.39 is 0 Å². The van der Waals surface area contributed by atoms with Crippen molar-refractivity contribution in [1.29, 1.82) is 0 Å². The van der Waals surface area contributed by atoms with E-state index in [-0.39, 0.29) is 0 Å². The van der Waals surface area contributed by atoms with Crippen LogP contribution in [0.25, 0.3) is 0 Å². The first-order valence-corrected chi connectivity index (χ1v) is 8.16. The second-order valence-electron chi connectivity index (χ2n) is 6.95. The van der Waals surface area contributed by atoms with Crippen molar-refractivity contribution in [2.24, 2.45) is 29.1 Å². The van der Waals surface area contributed by atoms with Gasteiger partial charge >= 0.3 is 0 Å². The van der Waals surface area contributed by atoms with Gasteiger partial charge in [0.25, 0.3) is 0 Å². The molecule has 0 aliphatic heterocycles. The summed E-state index contributed by atoms with van der Waals surface area (Å²) < 4.78 is 0. The van der Waals surface area contributed by atoms with Crippen molar-refractivity contribution < 1.29 is 0 Å². The molecule has 2 fully saturated rings. The Hall–Kier alpha value is 0. The average molecular weight is 236 g/mol. The fourth-order valence-corrected chi connectivity index (χ4v) is 5.19. The average Bonchev–Trinajstić information content (AvgIpc) is 2.49. The van der Waals surface area contributed by atoms with E-state index in [1.54, 1.807) is 6.42 Å². The molecule has 0 radical (unpaired) electrons. The van der Waals surface area contributed by atoms with Gasteiger partial charge in [0.1, 0.15) is 0 Å². The fourth-order valence-electron chi connectivity index (χ4n) is 5.19. The molecule has 0 N–H and O–H groups in total. The van der Waals surface area contributed by atoms with Gasteiger partial charge in [0.15, 0.2) is 0 Å². The van der Waals surface area contributed by atoms with Gasteiger partial charge in [0.2, 0.25) is 0 Å². The van der Waals surface area contributed by atoms with Gasteiger partial charge in [-0.15, -0.1) is 0 Å². The molecule has 0 nitrogen and oxygen atoms in total. The predicted molar refractivity (Wildman–Crippen MR) is 76.0 cm³/mol. The lowest BCUT2D eigenvalue weighted by Gasteiger charge is -2.47. The Kier molecular flexibility index (Phi) is 4.21. The maximum atomic E-state index is 2.53. The molecule has 17 heavy (non-hydrogen) atoms. The second kappa shape index (κ2) is 5.33. The van der Waals surface area contributed by atoms with Crippen LogP contribution in [0.5, 0.6) is 0 Å². The SMILES string of the molecule is CCC1CCC(CC)C2(CC)CCC(C)C1C2. The van der Waals surface area contributed by atoms with Crippen molar-refractivity contribution >= 4 is 0 Å². The molecule has 0 aromatic rings. The minimum absolute atomic E-state index is 0.732. The lowest BCUT2D eigenvalue weighted by molar-refractivity contribution is 0.0299. The molecule has 0 aromatic carbocycles. The van der Waals surface area contributed by atoms with Gasteiger partial charge in [0.05, 0.1) is 0 Å². The van der Waals surface area contributed by atoms with Gasteiger partial charge in [-0.05, 0) is 61.2 Å². The molecular weight excluding hydrogens is 204 g/mol. The number of hydrogen-bond donors (Lipinski definition) is 0. The van der Waals surface area contributed by atoms with Crippen molar-refractivity contribution in [2.45, 2.75) is 79.1 Å². The summed E-state index contributed by atoms with van der Waals surface area (Å²) >= 11 is 0. The molecular formula is C17H32. The van der Waals surface area contributed by atoms with Gasteiger partial charge in [-0.3, -0.25) is 0 Å². The van der Waals surface area contributed by atoms with E-state index in [1.807, 2.05) is 0 Å². The first-order chi connectivity index (χ1) is 8.16. The zero-order valence-corrected chi connectivity index (χ0v) is 12.5. The zero-order valence-electron chi connectivity index (χ0n) is 12.5. The number of hydrogen-bond acceptors (Lipinski definition) is 0. The summed E-state index contributed by atoms with van der Waals surface area (Å²) in [4.78, 5) is 0. The van der Waals surface area contributed by atoms with Crippen LogP contribution in [-0.2, 0) is 0 Å². The summed E-state index contributed by atoms with van der Waals surface area (Å²) in [6.45, 7) is 9.84. The molecule has 2 aliphatic carbocycles. The molecule has 5 atom stereocenters. The van der Waals surface area contributed by atoms with E-state index in [1.165, 1.54) is 44.9 Å². The van der Waals surface area contributed by atoms with E-state index in [4.69, 9.17) is 0 Å². The van der Waals surface area contributed by atoms with Gasteiger partial charge in [-0.1, -0.05) is 47.0 Å². The molecule has 2 aliphatic rings. The standard InChI is InChI=1S/C17H32/c1-5-14-8-9-15(6-2)17(7-3)11-10-13(4)16(14)12-17/h13-16H,5-12H2,1-4H3. The van der Waals surface area contributed by atoms with Crippen molar-refractivity contribution in [3.05, 3.63) is 0 Å². The van der Waals surface area contributed by atoms with Crippen molar-refractivity contribution in [3.8, 4) is 0 Å². The molecule has 0 spiro atoms. The molecule has 0 amide bonds. The number of fused-ring (bicyclic) bond motifs is 2. The molecule has 2 saturated carbocycles. The smallest absolute Gasteiger partial charge is 0.0269 e. The third-order valence-corrected chi connectivity index (χ3v) is 6.55.